The molecule has 2 aromatic rings. The first kappa shape index (κ1) is 13.4. The van der Waals surface area contributed by atoms with Gasteiger partial charge in [-0.05, 0) is 30.3 Å². The number of hydrogen-bond donors (Lipinski definition) is 2. The number of amides is 1. The molecule has 0 heterocycles. The number of carbonyl (C=O) groups is 1. The topological polar surface area (TPSA) is 78.3 Å². The molecule has 0 bridgehead atoms. The van der Waals surface area contributed by atoms with Gasteiger partial charge in [0.2, 0.25) is 0 Å². The van der Waals surface area contributed by atoms with Gasteiger partial charge in [0.05, 0.1) is 5.69 Å². The Morgan fingerprint density at radius 3 is 2.58 bits per heavy atom. The van der Waals surface area contributed by atoms with Crippen LogP contribution in [0.4, 0.5) is 10.1 Å². The molecule has 0 aliphatic carbocycles. The van der Waals surface area contributed by atoms with E-state index >= 15 is 0 Å². The molecule has 0 radical (unpaired) electrons. The van der Waals surface area contributed by atoms with Gasteiger partial charge in [0, 0.05) is 4.47 Å². The standard InChI is InChI=1S/C13H10BrFN2O2/c14-7-4-5-10(9(16)6-7)19-11-3-1-2-8(15)12(11)13(17)18/h1-6H,16H2,(H2,17,18). The van der Waals surface area contributed by atoms with Crippen LogP contribution in [0, 0.1) is 5.82 Å². The van der Waals surface area contributed by atoms with Crippen molar-refractivity contribution in [1.29, 1.82) is 0 Å². The summed E-state index contributed by atoms with van der Waals surface area (Å²) in [5.41, 5.74) is 11.0. The van der Waals surface area contributed by atoms with Gasteiger partial charge in [0.25, 0.3) is 5.91 Å². The van der Waals surface area contributed by atoms with Crippen molar-refractivity contribution in [2.75, 3.05) is 5.73 Å². The van der Waals surface area contributed by atoms with E-state index in [1.807, 2.05) is 0 Å². The Balaban J connectivity index is 2.44. The van der Waals surface area contributed by atoms with Crippen molar-refractivity contribution in [3.63, 3.8) is 0 Å². The predicted octanol–water partition coefficient (Wildman–Crippen LogP) is 3.06. The number of anilines is 1. The van der Waals surface area contributed by atoms with Crippen LogP contribution in [-0.2, 0) is 0 Å². The zero-order chi connectivity index (χ0) is 14.0. The fourth-order valence-electron chi connectivity index (χ4n) is 1.56. The molecule has 1 amide bonds. The summed E-state index contributed by atoms with van der Waals surface area (Å²) < 4.78 is 19.8. The molecule has 19 heavy (non-hydrogen) atoms. The second-order valence-corrected chi connectivity index (χ2v) is 4.68. The molecule has 6 heteroatoms. The second-order valence-electron chi connectivity index (χ2n) is 3.76. The molecule has 2 rings (SSSR count). The first-order valence-electron chi connectivity index (χ1n) is 5.30. The Labute approximate surface area is 117 Å². The summed E-state index contributed by atoms with van der Waals surface area (Å²) in [6.07, 6.45) is 0. The van der Waals surface area contributed by atoms with Crippen molar-refractivity contribution in [2.24, 2.45) is 5.73 Å². The lowest BCUT2D eigenvalue weighted by Gasteiger charge is -2.11. The molecule has 0 aliphatic heterocycles. The smallest absolute Gasteiger partial charge is 0.255 e. The highest BCUT2D eigenvalue weighted by Gasteiger charge is 2.16. The number of benzene rings is 2. The summed E-state index contributed by atoms with van der Waals surface area (Å²) in [7, 11) is 0. The minimum atomic E-state index is -0.899. The van der Waals surface area contributed by atoms with E-state index in [9.17, 15) is 9.18 Å². The molecular weight excluding hydrogens is 315 g/mol. The molecule has 0 aromatic heterocycles. The Kier molecular flexibility index (Phi) is 3.71. The zero-order valence-electron chi connectivity index (χ0n) is 9.69. The molecule has 4 N–H and O–H groups in total. The number of ether oxygens (including phenoxy) is 1. The van der Waals surface area contributed by atoms with Gasteiger partial charge in [-0.1, -0.05) is 22.0 Å². The number of primary amides is 1. The van der Waals surface area contributed by atoms with Crippen LogP contribution >= 0.6 is 15.9 Å². The van der Waals surface area contributed by atoms with Gasteiger partial charge in [0.15, 0.2) is 0 Å². The van der Waals surface area contributed by atoms with Crippen molar-refractivity contribution < 1.29 is 13.9 Å². The highest BCUT2D eigenvalue weighted by Crippen LogP contribution is 2.32. The maximum Gasteiger partial charge on any atom is 0.255 e. The normalized spacial score (nSPS) is 10.2. The lowest BCUT2D eigenvalue weighted by Crippen LogP contribution is -2.14. The summed E-state index contributed by atoms with van der Waals surface area (Å²) in [6.45, 7) is 0. The van der Waals surface area contributed by atoms with Gasteiger partial charge in [-0.15, -0.1) is 0 Å². The maximum absolute atomic E-state index is 13.5. The molecule has 2 aromatic carbocycles. The summed E-state index contributed by atoms with van der Waals surface area (Å²) in [5.74, 6) is -1.29. The van der Waals surface area contributed by atoms with Crippen LogP contribution in [0.25, 0.3) is 0 Å². The molecule has 0 aliphatic rings. The third-order valence-corrected chi connectivity index (χ3v) is 2.91. The Morgan fingerprint density at radius 2 is 1.95 bits per heavy atom. The molecule has 0 saturated carbocycles. The third-order valence-electron chi connectivity index (χ3n) is 2.41. The van der Waals surface area contributed by atoms with E-state index < -0.39 is 11.7 Å². The van der Waals surface area contributed by atoms with Gasteiger partial charge in [-0.25, -0.2) is 4.39 Å². The molecule has 4 nitrogen and oxygen atoms in total. The molecule has 0 unspecified atom stereocenters. The quantitative estimate of drug-likeness (QED) is 0.851. The van der Waals surface area contributed by atoms with E-state index in [0.717, 1.165) is 10.5 Å². The first-order chi connectivity index (χ1) is 8.99. The summed E-state index contributed by atoms with van der Waals surface area (Å²) in [5, 5.41) is 0. The van der Waals surface area contributed by atoms with Gasteiger partial charge in [-0.2, -0.15) is 0 Å². The van der Waals surface area contributed by atoms with Crippen LogP contribution in [0.2, 0.25) is 0 Å². The number of carbonyl (C=O) groups excluding carboxylic acids is 1. The Bertz CT molecular complexity index is 647. The minimum Gasteiger partial charge on any atom is -0.454 e. The van der Waals surface area contributed by atoms with Crippen molar-refractivity contribution in [3.8, 4) is 11.5 Å². The largest absolute Gasteiger partial charge is 0.454 e. The molecule has 0 fully saturated rings. The summed E-state index contributed by atoms with van der Waals surface area (Å²) in [4.78, 5) is 11.2. The zero-order valence-corrected chi connectivity index (χ0v) is 11.3. The number of nitrogen functional groups attached to an aromatic ring is 1. The van der Waals surface area contributed by atoms with Crippen LogP contribution in [-0.4, -0.2) is 5.91 Å². The number of hydrogen-bond acceptors (Lipinski definition) is 3. The molecule has 0 spiro atoms. The third kappa shape index (κ3) is 2.85. The fraction of sp³-hybridized carbons (Fsp3) is 0. The van der Waals surface area contributed by atoms with E-state index in [0.29, 0.717) is 11.4 Å². The summed E-state index contributed by atoms with van der Waals surface area (Å²) in [6, 6.07) is 8.97. The molecular formula is C13H10BrFN2O2. The van der Waals surface area contributed by atoms with Gasteiger partial charge < -0.3 is 16.2 Å². The van der Waals surface area contributed by atoms with Crippen molar-refractivity contribution in [2.45, 2.75) is 0 Å². The average Bonchev–Trinajstić information content (AvgIpc) is 2.32. The van der Waals surface area contributed by atoms with Crippen molar-refractivity contribution >= 4 is 27.5 Å². The lowest BCUT2D eigenvalue weighted by atomic mass is 10.1. The average molecular weight is 325 g/mol. The van der Waals surface area contributed by atoms with E-state index in [1.54, 1.807) is 18.2 Å². The highest BCUT2D eigenvalue weighted by atomic mass is 79.9. The second kappa shape index (κ2) is 5.27. The number of rotatable bonds is 3. The van der Waals surface area contributed by atoms with Gasteiger partial charge >= 0.3 is 0 Å². The fourth-order valence-corrected chi connectivity index (χ4v) is 1.94. The van der Waals surface area contributed by atoms with E-state index in [-0.39, 0.29) is 11.3 Å². The summed E-state index contributed by atoms with van der Waals surface area (Å²) >= 11 is 3.26. The number of nitrogens with two attached hydrogens (primary N) is 2. The van der Waals surface area contributed by atoms with Gasteiger partial charge in [-0.3, -0.25) is 4.79 Å². The monoisotopic (exact) mass is 324 g/mol. The van der Waals surface area contributed by atoms with E-state index in [1.165, 1.54) is 12.1 Å². The predicted molar refractivity (Wildman–Crippen MR) is 73.5 cm³/mol. The van der Waals surface area contributed by atoms with Crippen LogP contribution in [0.15, 0.2) is 40.9 Å². The van der Waals surface area contributed by atoms with Crippen LogP contribution in [0.1, 0.15) is 10.4 Å². The van der Waals surface area contributed by atoms with Crippen molar-refractivity contribution in [3.05, 3.63) is 52.3 Å². The molecule has 98 valence electrons. The Morgan fingerprint density at radius 1 is 1.21 bits per heavy atom. The molecule has 0 atom stereocenters. The van der Waals surface area contributed by atoms with E-state index in [2.05, 4.69) is 15.9 Å². The van der Waals surface area contributed by atoms with Crippen molar-refractivity contribution in [1.82, 2.24) is 0 Å². The first-order valence-corrected chi connectivity index (χ1v) is 6.09. The van der Waals surface area contributed by atoms with Crippen LogP contribution in [0.5, 0.6) is 11.5 Å². The minimum absolute atomic E-state index is 0.0292. The van der Waals surface area contributed by atoms with E-state index in [4.69, 9.17) is 16.2 Å². The van der Waals surface area contributed by atoms with Gasteiger partial charge in [0.1, 0.15) is 22.9 Å². The van der Waals surface area contributed by atoms with Crippen LogP contribution in [0.3, 0.4) is 0 Å². The lowest BCUT2D eigenvalue weighted by molar-refractivity contribution is 0.0994. The SMILES string of the molecule is NC(=O)c1c(F)cccc1Oc1ccc(Br)cc1N. The maximum atomic E-state index is 13.5. The highest BCUT2D eigenvalue weighted by molar-refractivity contribution is 9.10. The Hall–Kier alpha value is -2.08. The molecule has 0 saturated heterocycles. The number of halogens is 2. The van der Waals surface area contributed by atoms with Crippen LogP contribution < -0.4 is 16.2 Å².